The van der Waals surface area contributed by atoms with E-state index in [1.54, 1.807) is 33.9 Å². The summed E-state index contributed by atoms with van der Waals surface area (Å²) in [6, 6.07) is 10.4. The Bertz CT molecular complexity index is 1460. The van der Waals surface area contributed by atoms with Crippen molar-refractivity contribution in [2.24, 2.45) is 0 Å². The van der Waals surface area contributed by atoms with Crippen LogP contribution in [0, 0.1) is 17.1 Å². The van der Waals surface area contributed by atoms with Gasteiger partial charge in [-0.3, -0.25) is 9.78 Å². The second-order valence-electron chi connectivity index (χ2n) is 8.50. The van der Waals surface area contributed by atoms with E-state index >= 15 is 4.39 Å². The third-order valence-corrected chi connectivity index (χ3v) is 6.12. The predicted molar refractivity (Wildman–Crippen MR) is 129 cm³/mol. The summed E-state index contributed by atoms with van der Waals surface area (Å²) in [5.41, 5.74) is 2.28. The molecule has 0 aromatic carbocycles. The number of carbonyl (C=O) groups is 1. The van der Waals surface area contributed by atoms with Gasteiger partial charge in [-0.15, -0.1) is 0 Å². The number of hydrogen-bond acceptors (Lipinski definition) is 8. The fraction of sp³-hybridized carbons (Fsp3) is 0.280. The lowest BCUT2D eigenvalue weighted by molar-refractivity contribution is -0.131. The van der Waals surface area contributed by atoms with Crippen molar-refractivity contribution in [3.05, 3.63) is 60.4 Å². The van der Waals surface area contributed by atoms with E-state index in [-0.39, 0.29) is 42.3 Å². The molecule has 11 heteroatoms. The fourth-order valence-electron chi connectivity index (χ4n) is 4.37. The van der Waals surface area contributed by atoms with Crippen LogP contribution in [0.15, 0.2) is 48.9 Å². The van der Waals surface area contributed by atoms with Crippen molar-refractivity contribution in [1.82, 2.24) is 29.5 Å². The molecule has 4 aromatic heterocycles. The second kappa shape index (κ2) is 10.1. The summed E-state index contributed by atoms with van der Waals surface area (Å²) in [4.78, 5) is 27.0. The zero-order valence-electron chi connectivity index (χ0n) is 19.3. The highest BCUT2D eigenvalue weighted by molar-refractivity contribution is 5.79. The highest BCUT2D eigenvalue weighted by atomic mass is 19.1. The van der Waals surface area contributed by atoms with Gasteiger partial charge in [0.1, 0.15) is 12.1 Å². The van der Waals surface area contributed by atoms with E-state index in [2.05, 4.69) is 25.4 Å². The van der Waals surface area contributed by atoms with Gasteiger partial charge >= 0.3 is 0 Å². The number of anilines is 1. The molecular weight excluding hydrogens is 463 g/mol. The van der Waals surface area contributed by atoms with Crippen LogP contribution in [-0.4, -0.2) is 59.6 Å². The van der Waals surface area contributed by atoms with Gasteiger partial charge in [0.2, 0.25) is 5.91 Å². The molecule has 182 valence electrons. The summed E-state index contributed by atoms with van der Waals surface area (Å²) >= 11 is 0. The van der Waals surface area contributed by atoms with Crippen molar-refractivity contribution < 1.29 is 14.3 Å². The topological polar surface area (TPSA) is 132 Å². The van der Waals surface area contributed by atoms with Crippen LogP contribution < -0.4 is 5.32 Å². The van der Waals surface area contributed by atoms with E-state index in [1.165, 1.54) is 6.20 Å². The molecule has 0 unspecified atom stereocenters. The average molecular weight is 487 g/mol. The minimum Gasteiger partial charge on any atom is -0.390 e. The fourth-order valence-corrected chi connectivity index (χ4v) is 4.37. The number of aliphatic hydroxyl groups is 1. The molecule has 5 heterocycles. The first kappa shape index (κ1) is 23.3. The van der Waals surface area contributed by atoms with Gasteiger partial charge in [-0.05, 0) is 37.1 Å². The standard InChI is InChI=1S/C25H23FN8O2/c26-22-23(16-7-9-28-18(12-16)15-35)31-24(19-13-29-34-11-2-1-5-20(19)34)32-25(22)30-17-4-3-10-33(14-17)21(36)6-8-27/h1-2,5,7,9,11-13,17,35H,3-4,6,10,14-15H2,(H,30,31,32)/t17-/m1/s1. The van der Waals surface area contributed by atoms with Crippen LogP contribution in [-0.2, 0) is 11.4 Å². The molecule has 1 atom stereocenters. The van der Waals surface area contributed by atoms with Crippen molar-refractivity contribution >= 4 is 17.2 Å². The molecule has 1 saturated heterocycles. The smallest absolute Gasteiger partial charge is 0.236 e. The summed E-state index contributed by atoms with van der Waals surface area (Å²) in [5, 5.41) is 25.9. The Morgan fingerprint density at radius 2 is 2.19 bits per heavy atom. The minimum absolute atomic E-state index is 0.00669. The molecule has 10 nitrogen and oxygen atoms in total. The summed E-state index contributed by atoms with van der Waals surface area (Å²) in [7, 11) is 0. The van der Waals surface area contributed by atoms with Gasteiger partial charge in [-0.1, -0.05) is 6.07 Å². The molecule has 1 aliphatic heterocycles. The summed E-state index contributed by atoms with van der Waals surface area (Å²) in [5.74, 6) is -0.600. The van der Waals surface area contributed by atoms with Gasteiger partial charge in [0, 0.05) is 37.1 Å². The SMILES string of the molecule is N#CCC(=O)N1CCC[C@@H](Nc2nc(-c3cnn4ccccc34)nc(-c3ccnc(CO)c3)c2F)C1. The largest absolute Gasteiger partial charge is 0.390 e. The lowest BCUT2D eigenvalue weighted by Crippen LogP contribution is -2.45. The Hall–Kier alpha value is -4.43. The number of piperidine rings is 1. The van der Waals surface area contributed by atoms with Gasteiger partial charge < -0.3 is 15.3 Å². The number of nitriles is 1. The van der Waals surface area contributed by atoms with E-state index < -0.39 is 5.82 Å². The maximum atomic E-state index is 15.8. The van der Waals surface area contributed by atoms with Crippen LogP contribution in [0.25, 0.3) is 28.2 Å². The maximum Gasteiger partial charge on any atom is 0.236 e. The van der Waals surface area contributed by atoms with Gasteiger partial charge in [-0.2, -0.15) is 10.4 Å². The summed E-state index contributed by atoms with van der Waals surface area (Å²) in [6.45, 7) is 0.612. The number of aromatic nitrogens is 5. The zero-order chi connectivity index (χ0) is 25.1. The molecular formula is C25H23FN8O2. The molecule has 1 aliphatic rings. The number of halogens is 1. The number of carbonyl (C=O) groups excluding carboxylic acids is 1. The maximum absolute atomic E-state index is 15.8. The third-order valence-electron chi connectivity index (χ3n) is 6.12. The number of rotatable bonds is 6. The van der Waals surface area contributed by atoms with E-state index in [0.29, 0.717) is 36.3 Å². The minimum atomic E-state index is -0.647. The summed E-state index contributed by atoms with van der Waals surface area (Å²) < 4.78 is 17.5. The molecule has 1 fully saturated rings. The van der Waals surface area contributed by atoms with Crippen molar-refractivity contribution in [3.63, 3.8) is 0 Å². The quantitative estimate of drug-likeness (QED) is 0.425. The molecule has 1 amide bonds. The molecule has 0 spiro atoms. The molecule has 0 aliphatic carbocycles. The third kappa shape index (κ3) is 4.58. The first-order valence-electron chi connectivity index (χ1n) is 11.5. The Labute approximate surface area is 206 Å². The van der Waals surface area contributed by atoms with E-state index in [9.17, 15) is 9.90 Å². The normalized spacial score (nSPS) is 15.6. The number of pyridine rings is 2. The lowest BCUT2D eigenvalue weighted by Gasteiger charge is -2.33. The van der Waals surface area contributed by atoms with Crippen LogP contribution in [0.1, 0.15) is 25.0 Å². The predicted octanol–water partition coefficient (Wildman–Crippen LogP) is 2.80. The van der Waals surface area contributed by atoms with Crippen molar-refractivity contribution in [2.45, 2.75) is 31.9 Å². The number of nitrogens with one attached hydrogen (secondary N) is 1. The molecule has 5 rings (SSSR count). The van der Waals surface area contributed by atoms with Crippen molar-refractivity contribution in [2.75, 3.05) is 18.4 Å². The Morgan fingerprint density at radius 3 is 3.03 bits per heavy atom. The molecule has 36 heavy (non-hydrogen) atoms. The molecule has 2 N–H and O–H groups in total. The van der Waals surface area contributed by atoms with Crippen LogP contribution in [0.2, 0.25) is 0 Å². The van der Waals surface area contributed by atoms with Crippen LogP contribution in [0.4, 0.5) is 10.2 Å². The number of fused-ring (bicyclic) bond motifs is 1. The number of aliphatic hydroxyl groups excluding tert-OH is 1. The van der Waals surface area contributed by atoms with E-state index in [4.69, 9.17) is 5.26 Å². The van der Waals surface area contributed by atoms with Gasteiger partial charge in [-0.25, -0.2) is 18.9 Å². The van der Waals surface area contributed by atoms with E-state index in [1.807, 2.05) is 24.3 Å². The second-order valence-corrected chi connectivity index (χ2v) is 8.50. The first-order chi connectivity index (χ1) is 17.6. The average Bonchev–Trinajstić information content (AvgIpc) is 3.34. The lowest BCUT2D eigenvalue weighted by atomic mass is 10.0. The van der Waals surface area contributed by atoms with Crippen LogP contribution in [0.5, 0.6) is 0 Å². The van der Waals surface area contributed by atoms with Crippen molar-refractivity contribution in [1.29, 1.82) is 5.26 Å². The number of amides is 1. The Morgan fingerprint density at radius 1 is 1.31 bits per heavy atom. The molecule has 0 radical (unpaired) electrons. The Balaban J connectivity index is 1.57. The number of nitrogens with zero attached hydrogens (tertiary/aromatic N) is 7. The van der Waals surface area contributed by atoms with Gasteiger partial charge in [0.15, 0.2) is 17.5 Å². The number of hydrogen-bond donors (Lipinski definition) is 2. The van der Waals surface area contributed by atoms with Crippen molar-refractivity contribution in [3.8, 4) is 28.7 Å². The van der Waals surface area contributed by atoms with Crippen LogP contribution >= 0.6 is 0 Å². The molecule has 0 bridgehead atoms. The highest BCUT2D eigenvalue weighted by Crippen LogP contribution is 2.31. The first-order valence-corrected chi connectivity index (χ1v) is 11.5. The zero-order valence-corrected chi connectivity index (χ0v) is 19.3. The highest BCUT2D eigenvalue weighted by Gasteiger charge is 2.26. The van der Waals surface area contributed by atoms with E-state index in [0.717, 1.165) is 11.9 Å². The monoisotopic (exact) mass is 486 g/mol. The summed E-state index contributed by atoms with van der Waals surface area (Å²) in [6.07, 6.45) is 6.17. The molecule has 0 saturated carbocycles. The van der Waals surface area contributed by atoms with Gasteiger partial charge in [0.25, 0.3) is 0 Å². The molecule has 4 aromatic rings. The Kier molecular flexibility index (Phi) is 6.51. The van der Waals surface area contributed by atoms with Gasteiger partial charge in [0.05, 0.1) is 35.6 Å². The number of likely N-dealkylation sites (tertiary alicyclic amines) is 1. The van der Waals surface area contributed by atoms with Crippen LogP contribution in [0.3, 0.4) is 0 Å².